The molecule has 2 saturated heterocycles. The zero-order valence-corrected chi connectivity index (χ0v) is 15.5. The summed E-state index contributed by atoms with van der Waals surface area (Å²) in [5, 5.41) is 0. The van der Waals surface area contributed by atoms with E-state index in [4.69, 9.17) is 0 Å². The molecule has 1 saturated carbocycles. The maximum absolute atomic E-state index is 13.0. The first-order valence-corrected chi connectivity index (χ1v) is 9.59. The zero-order chi connectivity index (χ0) is 19.8. The molecule has 3 aliphatic rings. The number of carbonyl (C=O) groups is 4. The predicted octanol–water partition coefficient (Wildman–Crippen LogP) is 0.749. The van der Waals surface area contributed by atoms with Crippen molar-refractivity contribution in [2.75, 3.05) is 32.7 Å². The fourth-order valence-corrected chi connectivity index (χ4v) is 3.99. The van der Waals surface area contributed by atoms with Gasteiger partial charge in [0.2, 0.25) is 23.6 Å². The number of rotatable bonds is 4. The minimum atomic E-state index is -0.298. The van der Waals surface area contributed by atoms with Crippen LogP contribution in [-0.2, 0) is 19.2 Å². The highest BCUT2D eigenvalue weighted by molar-refractivity contribution is 6.04. The van der Waals surface area contributed by atoms with Gasteiger partial charge in [-0.3, -0.25) is 24.1 Å². The van der Waals surface area contributed by atoms with Crippen LogP contribution in [-0.4, -0.2) is 71.1 Å². The number of benzene rings is 1. The van der Waals surface area contributed by atoms with Crippen molar-refractivity contribution in [1.82, 2.24) is 14.7 Å². The average Bonchev–Trinajstić information content (AvgIpc) is 3.44. The van der Waals surface area contributed by atoms with Crippen molar-refractivity contribution in [3.8, 4) is 0 Å². The molecule has 4 rings (SSSR count). The van der Waals surface area contributed by atoms with Crippen molar-refractivity contribution in [3.63, 3.8) is 0 Å². The Bertz CT molecular complexity index is 801. The molecule has 0 bridgehead atoms. The Labute approximate surface area is 162 Å². The van der Waals surface area contributed by atoms with Gasteiger partial charge in [-0.1, -0.05) is 12.1 Å². The van der Waals surface area contributed by atoms with Crippen LogP contribution >= 0.6 is 0 Å². The number of nitrogens with zero attached hydrogens (tertiary/aromatic N) is 3. The molecule has 2 aliphatic heterocycles. The van der Waals surface area contributed by atoms with Crippen LogP contribution in [0.5, 0.6) is 0 Å². The Kier molecular flexibility index (Phi) is 4.87. The summed E-state index contributed by atoms with van der Waals surface area (Å²) in [6.07, 6.45) is 1.11. The van der Waals surface area contributed by atoms with Gasteiger partial charge in [-0.05, 0) is 30.0 Å². The molecule has 0 radical (unpaired) electrons. The number of imide groups is 1. The molecule has 7 nitrogen and oxygen atoms in total. The fraction of sp³-hybridized carbons (Fsp3) is 0.500. The predicted molar refractivity (Wildman–Crippen MR) is 96.4 cm³/mol. The van der Waals surface area contributed by atoms with E-state index in [-0.39, 0.29) is 60.7 Å². The number of carbonyl (C=O) groups excluding carboxylic acids is 4. The number of hydrogen-bond donors (Lipinski definition) is 0. The van der Waals surface area contributed by atoms with E-state index < -0.39 is 0 Å². The molecule has 2 atom stereocenters. The van der Waals surface area contributed by atoms with E-state index in [1.54, 1.807) is 21.9 Å². The highest BCUT2D eigenvalue weighted by Gasteiger charge is 2.46. The van der Waals surface area contributed by atoms with Crippen molar-refractivity contribution >= 4 is 23.6 Å². The minimum absolute atomic E-state index is 0.0753. The molecule has 8 heteroatoms. The first kappa shape index (κ1) is 18.6. The summed E-state index contributed by atoms with van der Waals surface area (Å²) in [6, 6.07) is 6.28. The molecule has 148 valence electrons. The molecule has 0 spiro atoms. The summed E-state index contributed by atoms with van der Waals surface area (Å²) in [7, 11) is 0. The van der Waals surface area contributed by atoms with Crippen molar-refractivity contribution in [2.45, 2.75) is 25.2 Å². The topological polar surface area (TPSA) is 78.0 Å². The van der Waals surface area contributed by atoms with E-state index >= 15 is 0 Å². The normalized spacial score (nSPS) is 24.7. The third-order valence-corrected chi connectivity index (χ3v) is 5.80. The van der Waals surface area contributed by atoms with Gasteiger partial charge >= 0.3 is 0 Å². The van der Waals surface area contributed by atoms with Gasteiger partial charge in [-0.2, -0.15) is 0 Å². The number of likely N-dealkylation sites (tertiary alicyclic amines) is 1. The highest BCUT2D eigenvalue weighted by atomic mass is 19.1. The summed E-state index contributed by atoms with van der Waals surface area (Å²) in [5.41, 5.74) is 0.980. The number of hydrogen-bond acceptors (Lipinski definition) is 4. The third kappa shape index (κ3) is 3.63. The minimum Gasteiger partial charge on any atom is -0.339 e. The van der Waals surface area contributed by atoms with E-state index in [1.165, 1.54) is 12.1 Å². The number of halogens is 1. The van der Waals surface area contributed by atoms with E-state index in [0.717, 1.165) is 16.9 Å². The zero-order valence-electron chi connectivity index (χ0n) is 15.5. The van der Waals surface area contributed by atoms with Crippen LogP contribution in [0.2, 0.25) is 0 Å². The van der Waals surface area contributed by atoms with Gasteiger partial charge in [0.15, 0.2) is 0 Å². The quantitative estimate of drug-likeness (QED) is 0.715. The lowest BCUT2D eigenvalue weighted by Gasteiger charge is -2.35. The largest absolute Gasteiger partial charge is 0.339 e. The van der Waals surface area contributed by atoms with E-state index in [9.17, 15) is 23.6 Å². The van der Waals surface area contributed by atoms with Crippen LogP contribution in [0.3, 0.4) is 0 Å². The van der Waals surface area contributed by atoms with Crippen molar-refractivity contribution < 1.29 is 23.6 Å². The van der Waals surface area contributed by atoms with Gasteiger partial charge < -0.3 is 9.80 Å². The summed E-state index contributed by atoms with van der Waals surface area (Å²) < 4.78 is 13.0. The van der Waals surface area contributed by atoms with Crippen LogP contribution in [0.25, 0.3) is 0 Å². The molecule has 0 N–H and O–H groups in total. The van der Waals surface area contributed by atoms with Crippen LogP contribution in [0.15, 0.2) is 24.3 Å². The molecule has 0 unspecified atom stereocenters. The second-order valence-electron chi connectivity index (χ2n) is 7.58. The third-order valence-electron chi connectivity index (χ3n) is 5.80. The molecule has 4 amide bonds. The summed E-state index contributed by atoms with van der Waals surface area (Å²) in [4.78, 5) is 52.8. The average molecular weight is 387 g/mol. The molecular formula is C20H22FN3O4. The smallest absolute Gasteiger partial charge is 0.242 e. The van der Waals surface area contributed by atoms with E-state index in [0.29, 0.717) is 26.2 Å². The van der Waals surface area contributed by atoms with Crippen LogP contribution in [0, 0.1) is 11.7 Å². The molecular weight excluding hydrogens is 365 g/mol. The lowest BCUT2D eigenvalue weighted by atomic mass is 10.1. The molecule has 0 aromatic heterocycles. The Morgan fingerprint density at radius 1 is 0.929 bits per heavy atom. The van der Waals surface area contributed by atoms with Gasteiger partial charge in [-0.25, -0.2) is 4.39 Å². The van der Waals surface area contributed by atoms with E-state index in [2.05, 4.69) is 0 Å². The molecule has 1 aromatic rings. The molecule has 28 heavy (non-hydrogen) atoms. The molecule has 1 aromatic carbocycles. The Hall–Kier alpha value is -2.77. The number of piperazine rings is 1. The second kappa shape index (κ2) is 7.33. The van der Waals surface area contributed by atoms with Gasteiger partial charge in [-0.15, -0.1) is 0 Å². The lowest BCUT2D eigenvalue weighted by Crippen LogP contribution is -2.53. The first-order chi connectivity index (χ1) is 13.4. The Morgan fingerprint density at radius 2 is 1.50 bits per heavy atom. The van der Waals surface area contributed by atoms with Crippen molar-refractivity contribution in [1.29, 1.82) is 0 Å². The lowest BCUT2D eigenvalue weighted by molar-refractivity contribution is -0.147. The van der Waals surface area contributed by atoms with E-state index in [1.807, 2.05) is 0 Å². The standard InChI is InChI=1S/C20H22FN3O4/c21-14-3-1-13(2-4-14)15-11-16(15)20(28)23-9-7-22(8-10-23)19(27)12-24-17(25)5-6-18(24)26/h1-4,15-16H,5-12H2/t15-,16-/m0/s1. The van der Waals surface area contributed by atoms with Crippen LogP contribution in [0.4, 0.5) is 4.39 Å². The summed E-state index contributed by atoms with van der Waals surface area (Å²) in [6.45, 7) is 1.47. The fourth-order valence-electron chi connectivity index (χ4n) is 3.99. The monoisotopic (exact) mass is 387 g/mol. The highest BCUT2D eigenvalue weighted by Crippen LogP contribution is 2.48. The SMILES string of the molecule is O=C(CN1C(=O)CCC1=O)N1CCN(C(=O)[C@H]2C[C@H]2c2ccc(F)cc2)CC1. The first-order valence-electron chi connectivity index (χ1n) is 9.59. The Balaban J connectivity index is 1.27. The number of amides is 4. The van der Waals surface area contributed by atoms with Gasteiger partial charge in [0.25, 0.3) is 0 Å². The van der Waals surface area contributed by atoms with Gasteiger partial charge in [0.1, 0.15) is 12.4 Å². The Morgan fingerprint density at radius 3 is 2.11 bits per heavy atom. The van der Waals surface area contributed by atoms with Crippen molar-refractivity contribution in [2.24, 2.45) is 5.92 Å². The molecule has 1 aliphatic carbocycles. The van der Waals surface area contributed by atoms with Gasteiger partial charge in [0.05, 0.1) is 0 Å². The maximum Gasteiger partial charge on any atom is 0.242 e. The molecule has 3 fully saturated rings. The van der Waals surface area contributed by atoms with Crippen LogP contribution < -0.4 is 0 Å². The van der Waals surface area contributed by atoms with Gasteiger partial charge in [0, 0.05) is 44.9 Å². The van der Waals surface area contributed by atoms with Crippen LogP contribution in [0.1, 0.15) is 30.7 Å². The summed E-state index contributed by atoms with van der Waals surface area (Å²) in [5.74, 6) is -1.00. The van der Waals surface area contributed by atoms with Crippen molar-refractivity contribution in [3.05, 3.63) is 35.6 Å². The summed E-state index contributed by atoms with van der Waals surface area (Å²) >= 11 is 0. The molecule has 2 heterocycles. The maximum atomic E-state index is 13.0. The second-order valence-corrected chi connectivity index (χ2v) is 7.58.